The van der Waals surface area contributed by atoms with E-state index in [2.05, 4.69) is 17.0 Å². The van der Waals surface area contributed by atoms with Crippen molar-refractivity contribution in [3.63, 3.8) is 0 Å². The fourth-order valence-corrected chi connectivity index (χ4v) is 7.01. The minimum atomic E-state index is -0.414. The molecule has 47 heavy (non-hydrogen) atoms. The Morgan fingerprint density at radius 3 is 2.30 bits per heavy atom. The largest absolute Gasteiger partial charge is 0.494 e. The summed E-state index contributed by atoms with van der Waals surface area (Å²) in [5, 5.41) is 6.89. The van der Waals surface area contributed by atoms with Crippen molar-refractivity contribution in [2.24, 2.45) is 0 Å². The van der Waals surface area contributed by atoms with Crippen LogP contribution in [0.4, 0.5) is 4.39 Å². The first-order valence-corrected chi connectivity index (χ1v) is 16.6. The van der Waals surface area contributed by atoms with Crippen LogP contribution in [-0.4, -0.2) is 77.6 Å². The molecule has 0 spiro atoms. The lowest BCUT2D eigenvalue weighted by atomic mass is 9.93. The maximum Gasteiger partial charge on any atom is 0.339 e. The number of pyridine rings is 1. The van der Waals surface area contributed by atoms with Crippen LogP contribution >= 0.6 is 0 Å². The number of carbonyl (C=O) groups excluding carboxylic acids is 2. The molecule has 0 radical (unpaired) electrons. The van der Waals surface area contributed by atoms with Crippen molar-refractivity contribution in [3.8, 4) is 16.9 Å². The van der Waals surface area contributed by atoms with Crippen LogP contribution in [0.25, 0.3) is 11.1 Å². The molecule has 0 unspecified atom stereocenters. The molecule has 1 aromatic heterocycles. The Morgan fingerprint density at radius 2 is 1.68 bits per heavy atom. The highest BCUT2D eigenvalue weighted by Crippen LogP contribution is 2.47. The van der Waals surface area contributed by atoms with Crippen molar-refractivity contribution in [3.05, 3.63) is 81.9 Å². The molecule has 0 bridgehead atoms. The number of nitrogens with zero attached hydrogens (tertiary/aromatic N) is 3. The first-order valence-electron chi connectivity index (χ1n) is 16.6. The zero-order valence-corrected chi connectivity index (χ0v) is 27.0. The number of fused-ring (bicyclic) bond motifs is 1. The van der Waals surface area contributed by atoms with Crippen LogP contribution in [0.5, 0.6) is 5.75 Å². The first kappa shape index (κ1) is 32.6. The third-order valence-electron chi connectivity index (χ3n) is 9.68. The number of likely N-dealkylation sites (tertiary alicyclic amines) is 1. The predicted molar refractivity (Wildman–Crippen MR) is 174 cm³/mol. The highest BCUT2D eigenvalue weighted by Gasteiger charge is 2.37. The summed E-state index contributed by atoms with van der Waals surface area (Å²) in [6, 6.07) is 13.1. The second kappa shape index (κ2) is 14.2. The molecule has 248 valence electrons. The number of amides is 1. The number of esters is 1. The summed E-state index contributed by atoms with van der Waals surface area (Å²) >= 11 is 0. The normalized spacial score (nSPS) is 18.2. The zero-order valence-electron chi connectivity index (χ0n) is 27.0. The fraction of sp³-hybridized carbons (Fsp3) is 0.459. The van der Waals surface area contributed by atoms with Crippen molar-refractivity contribution in [2.75, 3.05) is 33.4 Å². The second-order valence-electron chi connectivity index (χ2n) is 12.8. The Morgan fingerprint density at radius 1 is 1.00 bits per heavy atom. The summed E-state index contributed by atoms with van der Waals surface area (Å²) < 4.78 is 24.8. The number of hydrogen-bond acceptors (Lipinski definition) is 7. The van der Waals surface area contributed by atoms with Crippen LogP contribution in [-0.2, 0) is 22.5 Å². The van der Waals surface area contributed by atoms with Gasteiger partial charge in [0.1, 0.15) is 11.6 Å². The molecule has 3 aromatic rings. The number of aromatic nitrogens is 1. The quantitative estimate of drug-likeness (QED) is 0.217. The van der Waals surface area contributed by atoms with Gasteiger partial charge in [0.15, 0.2) is 0 Å². The van der Waals surface area contributed by atoms with Crippen molar-refractivity contribution in [1.29, 1.82) is 0 Å². The summed E-state index contributed by atoms with van der Waals surface area (Å²) in [6.45, 7) is 5.56. The Hall–Kier alpha value is -4.31. The van der Waals surface area contributed by atoms with Gasteiger partial charge in [0.05, 0.1) is 36.2 Å². The van der Waals surface area contributed by atoms with E-state index in [-0.39, 0.29) is 24.2 Å². The minimum absolute atomic E-state index is 0.0196. The number of methoxy groups -OCH3 is 1. The van der Waals surface area contributed by atoms with Crippen LogP contribution < -0.4 is 4.74 Å². The highest BCUT2D eigenvalue weighted by atomic mass is 19.1. The van der Waals surface area contributed by atoms with E-state index in [9.17, 15) is 14.0 Å². The molecule has 2 saturated carbocycles. The van der Waals surface area contributed by atoms with Gasteiger partial charge < -0.3 is 19.5 Å². The van der Waals surface area contributed by atoms with E-state index in [0.29, 0.717) is 42.5 Å². The third-order valence-corrected chi connectivity index (χ3v) is 9.68. The zero-order chi connectivity index (χ0) is 33.1. The molecule has 0 atom stereocenters. The van der Waals surface area contributed by atoms with Gasteiger partial charge in [-0.2, -0.15) is 0 Å². The van der Waals surface area contributed by atoms with Gasteiger partial charge in [0.25, 0.3) is 12.4 Å². The number of piperidine rings is 1. The van der Waals surface area contributed by atoms with Gasteiger partial charge in [0.2, 0.25) is 0 Å². The summed E-state index contributed by atoms with van der Waals surface area (Å²) in [5.41, 5.74) is 7.28. The molecule has 3 fully saturated rings. The monoisotopic (exact) mass is 643 g/mol. The number of ether oxygens (including phenoxy) is 2. The summed E-state index contributed by atoms with van der Waals surface area (Å²) in [4.78, 5) is 43.9. The van der Waals surface area contributed by atoms with Gasteiger partial charge in [-0.3, -0.25) is 19.5 Å². The topological polar surface area (TPSA) is 109 Å². The maximum atomic E-state index is 13.7. The van der Waals surface area contributed by atoms with E-state index >= 15 is 0 Å². The lowest BCUT2D eigenvalue weighted by molar-refractivity contribution is -0.122. The number of rotatable bonds is 9. The molecule has 2 aliphatic heterocycles. The van der Waals surface area contributed by atoms with Crippen LogP contribution in [0.3, 0.4) is 0 Å². The third kappa shape index (κ3) is 7.17. The lowest BCUT2D eigenvalue weighted by Crippen LogP contribution is -2.50. The molecule has 7 rings (SSSR count). The number of halogens is 1. The van der Waals surface area contributed by atoms with Gasteiger partial charge in [-0.15, -0.1) is 0 Å². The van der Waals surface area contributed by atoms with E-state index in [1.54, 1.807) is 6.07 Å². The van der Waals surface area contributed by atoms with Crippen molar-refractivity contribution in [2.45, 2.75) is 76.3 Å². The SMILES string of the molecule is CCOc1cc(-c2ccc(F)cc2)c(C2CC2)cc1CN1CCC(N2CCc3nc(C4CC4)c(C(=O)OC)cc3C2=O)CC1.O=CO. The lowest BCUT2D eigenvalue weighted by Gasteiger charge is -2.40. The fourth-order valence-electron chi connectivity index (χ4n) is 7.01. The molecule has 9 nitrogen and oxygen atoms in total. The van der Waals surface area contributed by atoms with Crippen molar-refractivity contribution in [1.82, 2.24) is 14.8 Å². The van der Waals surface area contributed by atoms with Crippen molar-refractivity contribution < 1.29 is 33.4 Å². The van der Waals surface area contributed by atoms with Crippen LogP contribution in [0.2, 0.25) is 0 Å². The highest BCUT2D eigenvalue weighted by molar-refractivity contribution is 6.00. The summed E-state index contributed by atoms with van der Waals surface area (Å²) in [7, 11) is 1.38. The van der Waals surface area contributed by atoms with Gasteiger partial charge in [-0.1, -0.05) is 12.1 Å². The van der Waals surface area contributed by atoms with Crippen LogP contribution in [0.1, 0.15) is 101 Å². The van der Waals surface area contributed by atoms with E-state index in [4.69, 9.17) is 24.4 Å². The Kier molecular flexibility index (Phi) is 9.87. The molecule has 3 heterocycles. The van der Waals surface area contributed by atoms with Crippen LogP contribution in [0.15, 0.2) is 42.5 Å². The second-order valence-corrected chi connectivity index (χ2v) is 12.8. The van der Waals surface area contributed by atoms with E-state index in [0.717, 1.165) is 73.6 Å². The standard InChI is InChI=1S/C36H40FN3O4.CH2O2/c1-3-44-33-20-29(23-8-10-26(37)11-9-23)28(22-4-5-22)18-25(33)21-39-15-12-27(13-16-39)40-17-14-32-30(35(40)41)19-31(36(42)43-2)34(38-32)24-6-7-24;2-1-3/h8-11,18-20,22,24,27H,3-7,12-17,21H2,1-2H3;1H,(H,2,3). The number of carboxylic acid groups (broad SMARTS) is 1. The molecular weight excluding hydrogens is 601 g/mol. The minimum Gasteiger partial charge on any atom is -0.494 e. The van der Waals surface area contributed by atoms with Gasteiger partial charge in [0, 0.05) is 50.1 Å². The maximum absolute atomic E-state index is 13.7. The van der Waals surface area contributed by atoms with Crippen LogP contribution in [0, 0.1) is 5.82 Å². The summed E-state index contributed by atoms with van der Waals surface area (Å²) in [6.07, 6.45) is 6.92. The first-order chi connectivity index (χ1) is 22.8. The molecule has 1 saturated heterocycles. The molecule has 10 heteroatoms. The Labute approximate surface area is 274 Å². The molecule has 1 amide bonds. The van der Waals surface area contributed by atoms with E-state index in [1.807, 2.05) is 24.0 Å². The molecular formula is C37H42FN3O6. The smallest absolute Gasteiger partial charge is 0.339 e. The molecule has 4 aliphatic rings. The summed E-state index contributed by atoms with van der Waals surface area (Å²) in [5.74, 6) is 1.07. The number of carbonyl (C=O) groups is 3. The number of benzene rings is 2. The van der Waals surface area contributed by atoms with Gasteiger partial charge in [-0.05, 0) is 98.4 Å². The molecule has 1 N–H and O–H groups in total. The average Bonchev–Trinajstić information content (AvgIpc) is 4.01. The van der Waals surface area contributed by atoms with Crippen molar-refractivity contribution >= 4 is 18.3 Å². The average molecular weight is 644 g/mol. The Bertz CT molecular complexity index is 1630. The van der Waals surface area contributed by atoms with E-state index in [1.165, 1.54) is 43.2 Å². The number of hydrogen-bond donors (Lipinski definition) is 1. The van der Waals surface area contributed by atoms with Gasteiger partial charge >= 0.3 is 5.97 Å². The Balaban J connectivity index is 0.00000124. The molecule has 2 aliphatic carbocycles. The molecule has 2 aromatic carbocycles. The van der Waals surface area contributed by atoms with Gasteiger partial charge in [-0.25, -0.2) is 9.18 Å². The van der Waals surface area contributed by atoms with E-state index < -0.39 is 5.97 Å². The predicted octanol–water partition coefficient (Wildman–Crippen LogP) is 6.19.